The smallest absolute Gasteiger partial charge is 0.108 e. The largest absolute Gasteiger partial charge is 0.342 e. The molecule has 20 heavy (non-hydrogen) atoms. The quantitative estimate of drug-likeness (QED) is 0.683. The maximum absolute atomic E-state index is 6.02. The molecule has 0 amide bonds. The Bertz CT molecular complexity index is 745. The highest BCUT2D eigenvalue weighted by Crippen LogP contribution is 2.22. The number of nitrogens with two attached hydrogens (primary N) is 1. The topological polar surface area (TPSA) is 83.4 Å². The first-order valence-electron chi connectivity index (χ1n) is 6.70. The van der Waals surface area contributed by atoms with Gasteiger partial charge in [-0.3, -0.25) is 0 Å². The van der Waals surface area contributed by atoms with Crippen molar-refractivity contribution in [1.29, 1.82) is 0 Å². The fraction of sp³-hybridized carbons (Fsp3) is 0.333. The van der Waals surface area contributed by atoms with Gasteiger partial charge in [0.15, 0.2) is 0 Å². The first-order chi connectivity index (χ1) is 9.40. The highest BCUT2D eigenvalue weighted by atomic mass is 14.9. The average molecular weight is 269 g/mol. The third-order valence-electron chi connectivity index (χ3n) is 3.16. The normalized spacial score (nSPS) is 12.2. The SMILES string of the molecule is Cc1nc2ccc(-c3cnc(CC(C)(C)N)[nH]3)cc2[nH]1. The number of aryl methyl sites for hydroxylation is 1. The van der Waals surface area contributed by atoms with Gasteiger partial charge in [-0.25, -0.2) is 9.97 Å². The predicted molar refractivity (Wildman–Crippen MR) is 80.4 cm³/mol. The summed E-state index contributed by atoms with van der Waals surface area (Å²) in [6.45, 7) is 5.94. The Morgan fingerprint density at radius 3 is 2.80 bits per heavy atom. The molecule has 0 saturated heterocycles. The second-order valence-corrected chi connectivity index (χ2v) is 5.96. The zero-order valence-corrected chi connectivity index (χ0v) is 12.0. The lowest BCUT2D eigenvalue weighted by Crippen LogP contribution is -2.34. The minimum Gasteiger partial charge on any atom is -0.342 e. The predicted octanol–water partition coefficient (Wildman–Crippen LogP) is 2.54. The molecule has 5 nitrogen and oxygen atoms in total. The number of fused-ring (bicyclic) bond motifs is 1. The number of benzene rings is 1. The Morgan fingerprint density at radius 2 is 2.05 bits per heavy atom. The number of aromatic amines is 2. The molecular formula is C15H19N5. The molecule has 4 N–H and O–H groups in total. The van der Waals surface area contributed by atoms with Gasteiger partial charge >= 0.3 is 0 Å². The van der Waals surface area contributed by atoms with Crippen LogP contribution in [0.25, 0.3) is 22.3 Å². The second kappa shape index (κ2) is 4.45. The summed E-state index contributed by atoms with van der Waals surface area (Å²) in [6.07, 6.45) is 2.57. The maximum atomic E-state index is 6.02. The van der Waals surface area contributed by atoms with Gasteiger partial charge in [-0.2, -0.15) is 0 Å². The van der Waals surface area contributed by atoms with Crippen LogP contribution in [0.3, 0.4) is 0 Å². The van der Waals surface area contributed by atoms with E-state index in [9.17, 15) is 0 Å². The molecule has 0 spiro atoms. The van der Waals surface area contributed by atoms with Gasteiger partial charge in [0.1, 0.15) is 11.6 Å². The van der Waals surface area contributed by atoms with E-state index < -0.39 is 0 Å². The fourth-order valence-electron chi connectivity index (χ4n) is 2.34. The van der Waals surface area contributed by atoms with Crippen LogP contribution in [0.5, 0.6) is 0 Å². The van der Waals surface area contributed by atoms with Gasteiger partial charge in [0.05, 0.1) is 22.9 Å². The first-order valence-corrected chi connectivity index (χ1v) is 6.70. The zero-order chi connectivity index (χ0) is 14.3. The van der Waals surface area contributed by atoms with Gasteiger partial charge in [-0.05, 0) is 32.9 Å². The third kappa shape index (κ3) is 2.58. The number of nitrogens with zero attached hydrogens (tertiary/aromatic N) is 2. The molecule has 0 bridgehead atoms. The zero-order valence-electron chi connectivity index (χ0n) is 12.0. The average Bonchev–Trinajstić information content (AvgIpc) is 2.91. The Balaban J connectivity index is 1.94. The standard InChI is InChI=1S/C15H19N5/c1-9-18-11-5-4-10(6-12(11)19-9)13-8-17-14(20-13)7-15(2,3)16/h4-6,8H,7,16H2,1-3H3,(H,17,20)(H,18,19). The number of H-pyrrole nitrogens is 2. The molecular weight excluding hydrogens is 250 g/mol. The van der Waals surface area contributed by atoms with Gasteiger partial charge in [0.25, 0.3) is 0 Å². The van der Waals surface area contributed by atoms with Crippen LogP contribution in [0.2, 0.25) is 0 Å². The lowest BCUT2D eigenvalue weighted by Gasteiger charge is -2.15. The van der Waals surface area contributed by atoms with E-state index in [1.807, 2.05) is 39.1 Å². The van der Waals surface area contributed by atoms with Crippen molar-refractivity contribution in [3.05, 3.63) is 36.0 Å². The fourth-order valence-corrected chi connectivity index (χ4v) is 2.34. The lowest BCUT2D eigenvalue weighted by atomic mass is 10.0. The summed E-state index contributed by atoms with van der Waals surface area (Å²) in [4.78, 5) is 15.4. The van der Waals surface area contributed by atoms with Gasteiger partial charge in [0.2, 0.25) is 0 Å². The van der Waals surface area contributed by atoms with Crippen molar-refractivity contribution >= 4 is 11.0 Å². The van der Waals surface area contributed by atoms with Crippen molar-refractivity contribution in [3.8, 4) is 11.3 Å². The summed E-state index contributed by atoms with van der Waals surface area (Å²) in [5, 5.41) is 0. The van der Waals surface area contributed by atoms with Crippen molar-refractivity contribution in [2.75, 3.05) is 0 Å². The molecule has 5 heteroatoms. The minimum atomic E-state index is -0.264. The van der Waals surface area contributed by atoms with Crippen molar-refractivity contribution in [2.24, 2.45) is 5.73 Å². The van der Waals surface area contributed by atoms with E-state index in [0.717, 1.165) is 40.4 Å². The summed E-state index contributed by atoms with van der Waals surface area (Å²) in [5.74, 6) is 1.83. The van der Waals surface area contributed by atoms with E-state index in [4.69, 9.17) is 5.73 Å². The number of aromatic nitrogens is 4. The van der Waals surface area contributed by atoms with E-state index in [1.54, 1.807) is 0 Å². The maximum Gasteiger partial charge on any atom is 0.108 e. The summed E-state index contributed by atoms with van der Waals surface area (Å²) in [6, 6.07) is 6.15. The molecule has 2 heterocycles. The molecule has 3 rings (SSSR count). The Kier molecular flexibility index (Phi) is 2.87. The molecule has 0 aliphatic heterocycles. The van der Waals surface area contributed by atoms with E-state index >= 15 is 0 Å². The van der Waals surface area contributed by atoms with Crippen LogP contribution in [0.15, 0.2) is 24.4 Å². The van der Waals surface area contributed by atoms with Crippen LogP contribution in [-0.4, -0.2) is 25.5 Å². The molecule has 0 aliphatic carbocycles. The van der Waals surface area contributed by atoms with Crippen LogP contribution in [0.1, 0.15) is 25.5 Å². The van der Waals surface area contributed by atoms with E-state index in [2.05, 4.69) is 26.0 Å². The van der Waals surface area contributed by atoms with Crippen molar-refractivity contribution in [2.45, 2.75) is 32.7 Å². The molecule has 0 aliphatic rings. The van der Waals surface area contributed by atoms with E-state index in [0.29, 0.717) is 0 Å². The molecule has 3 aromatic rings. The number of hydrogen-bond acceptors (Lipinski definition) is 3. The summed E-state index contributed by atoms with van der Waals surface area (Å²) in [5.41, 5.74) is 9.86. The number of imidazole rings is 2. The van der Waals surface area contributed by atoms with Crippen LogP contribution in [0, 0.1) is 6.92 Å². The minimum absolute atomic E-state index is 0.264. The Hall–Kier alpha value is -2.14. The molecule has 104 valence electrons. The monoisotopic (exact) mass is 269 g/mol. The summed E-state index contributed by atoms with van der Waals surface area (Å²) in [7, 11) is 0. The molecule has 1 aromatic carbocycles. The van der Waals surface area contributed by atoms with Crippen molar-refractivity contribution in [3.63, 3.8) is 0 Å². The van der Waals surface area contributed by atoms with Crippen LogP contribution in [0.4, 0.5) is 0 Å². The number of rotatable bonds is 3. The van der Waals surface area contributed by atoms with Crippen molar-refractivity contribution < 1.29 is 0 Å². The summed E-state index contributed by atoms with van der Waals surface area (Å²) >= 11 is 0. The van der Waals surface area contributed by atoms with Crippen LogP contribution < -0.4 is 5.73 Å². The molecule has 0 saturated carbocycles. The number of hydrogen-bond donors (Lipinski definition) is 3. The van der Waals surface area contributed by atoms with Crippen LogP contribution >= 0.6 is 0 Å². The molecule has 0 unspecified atom stereocenters. The molecule has 0 radical (unpaired) electrons. The molecule has 0 atom stereocenters. The van der Waals surface area contributed by atoms with Gasteiger partial charge < -0.3 is 15.7 Å². The second-order valence-electron chi connectivity index (χ2n) is 5.96. The van der Waals surface area contributed by atoms with E-state index in [-0.39, 0.29) is 5.54 Å². The Labute approximate surface area is 117 Å². The first kappa shape index (κ1) is 12.9. The van der Waals surface area contributed by atoms with Crippen molar-refractivity contribution in [1.82, 2.24) is 19.9 Å². The van der Waals surface area contributed by atoms with Gasteiger partial charge in [-0.1, -0.05) is 6.07 Å². The highest BCUT2D eigenvalue weighted by Gasteiger charge is 2.14. The van der Waals surface area contributed by atoms with Gasteiger partial charge in [0, 0.05) is 17.5 Å². The third-order valence-corrected chi connectivity index (χ3v) is 3.16. The molecule has 0 fully saturated rings. The van der Waals surface area contributed by atoms with E-state index in [1.165, 1.54) is 0 Å². The Morgan fingerprint density at radius 1 is 1.25 bits per heavy atom. The number of nitrogens with one attached hydrogen (secondary N) is 2. The van der Waals surface area contributed by atoms with Gasteiger partial charge in [-0.15, -0.1) is 0 Å². The highest BCUT2D eigenvalue weighted by molar-refractivity contribution is 5.81. The van der Waals surface area contributed by atoms with Crippen LogP contribution in [-0.2, 0) is 6.42 Å². The lowest BCUT2D eigenvalue weighted by molar-refractivity contribution is 0.505. The molecule has 2 aromatic heterocycles. The summed E-state index contributed by atoms with van der Waals surface area (Å²) < 4.78 is 0.